The summed E-state index contributed by atoms with van der Waals surface area (Å²) in [6.45, 7) is 4.38. The molecule has 2 heterocycles. The number of rotatable bonds is 2. The molecule has 1 aromatic carbocycles. The van der Waals surface area contributed by atoms with Gasteiger partial charge in [0.2, 0.25) is 0 Å². The van der Waals surface area contributed by atoms with E-state index in [2.05, 4.69) is 16.3 Å². The zero-order valence-corrected chi connectivity index (χ0v) is 10.2. The smallest absolute Gasteiger partial charge is 0.119 e. The molecule has 3 rings (SSSR count). The number of aromatic hydroxyl groups is 1. The van der Waals surface area contributed by atoms with Crippen LogP contribution in [-0.2, 0) is 0 Å². The third kappa shape index (κ3) is 2.12. The van der Waals surface area contributed by atoms with E-state index in [0.29, 0.717) is 11.7 Å². The topological polar surface area (TPSA) is 35.5 Å². The fourth-order valence-corrected chi connectivity index (χ4v) is 2.96. The van der Waals surface area contributed by atoms with E-state index < -0.39 is 0 Å². The van der Waals surface area contributed by atoms with Crippen molar-refractivity contribution in [3.8, 4) is 5.75 Å². The van der Waals surface area contributed by atoms with Gasteiger partial charge in [0.25, 0.3) is 0 Å². The highest BCUT2D eigenvalue weighted by molar-refractivity contribution is 5.54. The minimum atomic E-state index is 0.460. The second-order valence-corrected chi connectivity index (χ2v) is 5.13. The highest BCUT2D eigenvalue weighted by Crippen LogP contribution is 2.34. The van der Waals surface area contributed by atoms with Crippen LogP contribution in [0, 0.1) is 0 Å². The van der Waals surface area contributed by atoms with Crippen LogP contribution in [0.25, 0.3) is 0 Å². The molecule has 2 aliphatic heterocycles. The van der Waals surface area contributed by atoms with Crippen LogP contribution in [0.4, 0.5) is 5.69 Å². The van der Waals surface area contributed by atoms with Gasteiger partial charge in [0.15, 0.2) is 0 Å². The lowest BCUT2D eigenvalue weighted by Crippen LogP contribution is -2.18. The van der Waals surface area contributed by atoms with Crippen molar-refractivity contribution >= 4 is 5.69 Å². The van der Waals surface area contributed by atoms with Crippen molar-refractivity contribution in [3.05, 3.63) is 23.8 Å². The molecule has 0 bridgehead atoms. The van der Waals surface area contributed by atoms with Gasteiger partial charge in [-0.15, -0.1) is 0 Å². The summed E-state index contributed by atoms with van der Waals surface area (Å²) in [6.07, 6.45) is 3.72. The summed E-state index contributed by atoms with van der Waals surface area (Å²) in [5.41, 5.74) is 2.40. The van der Waals surface area contributed by atoms with Gasteiger partial charge in [-0.25, -0.2) is 0 Å². The van der Waals surface area contributed by atoms with Crippen LogP contribution in [0.2, 0.25) is 0 Å². The van der Waals surface area contributed by atoms with E-state index in [4.69, 9.17) is 0 Å². The first kappa shape index (κ1) is 10.9. The molecule has 92 valence electrons. The summed E-state index contributed by atoms with van der Waals surface area (Å²) in [5, 5.41) is 13.4. The van der Waals surface area contributed by atoms with Gasteiger partial charge in [0.05, 0.1) is 0 Å². The van der Waals surface area contributed by atoms with Gasteiger partial charge >= 0.3 is 0 Å². The van der Waals surface area contributed by atoms with Gasteiger partial charge in [-0.3, -0.25) is 0 Å². The van der Waals surface area contributed by atoms with E-state index in [1.54, 1.807) is 0 Å². The van der Waals surface area contributed by atoms with E-state index in [0.717, 1.165) is 38.2 Å². The number of nitrogens with one attached hydrogen (secondary N) is 1. The van der Waals surface area contributed by atoms with E-state index in [9.17, 15) is 5.11 Å². The van der Waals surface area contributed by atoms with Gasteiger partial charge in [0.1, 0.15) is 5.75 Å². The molecule has 0 amide bonds. The van der Waals surface area contributed by atoms with Gasteiger partial charge in [-0.2, -0.15) is 0 Å². The van der Waals surface area contributed by atoms with E-state index in [-0.39, 0.29) is 0 Å². The Bertz CT molecular complexity index is 393. The lowest BCUT2D eigenvalue weighted by Gasteiger charge is -2.20. The van der Waals surface area contributed by atoms with Crippen LogP contribution < -0.4 is 10.2 Å². The Morgan fingerprint density at radius 3 is 2.76 bits per heavy atom. The van der Waals surface area contributed by atoms with Crippen molar-refractivity contribution in [3.63, 3.8) is 0 Å². The van der Waals surface area contributed by atoms with Crippen molar-refractivity contribution in [2.24, 2.45) is 0 Å². The van der Waals surface area contributed by atoms with Crippen LogP contribution in [-0.4, -0.2) is 31.3 Å². The standard InChI is InChI=1S/C14H20N2O/c17-14-4-3-12(16-7-1-2-8-16)9-13(14)11-5-6-15-10-11/h3-4,9,11,15,17H,1-2,5-8,10H2. The molecule has 2 fully saturated rings. The minimum Gasteiger partial charge on any atom is -0.508 e. The zero-order chi connectivity index (χ0) is 11.7. The molecule has 2 saturated heterocycles. The SMILES string of the molecule is Oc1ccc(N2CCCC2)cc1C1CCNC1. The highest BCUT2D eigenvalue weighted by atomic mass is 16.3. The fraction of sp³-hybridized carbons (Fsp3) is 0.571. The Balaban J connectivity index is 1.88. The summed E-state index contributed by atoms with van der Waals surface area (Å²) < 4.78 is 0. The molecule has 1 unspecified atom stereocenters. The third-order valence-electron chi connectivity index (χ3n) is 3.98. The molecule has 1 atom stereocenters. The molecule has 0 saturated carbocycles. The molecule has 0 radical (unpaired) electrons. The Kier molecular flexibility index (Phi) is 2.93. The van der Waals surface area contributed by atoms with Crippen molar-refractivity contribution in [2.45, 2.75) is 25.2 Å². The predicted molar refractivity (Wildman–Crippen MR) is 69.8 cm³/mol. The maximum Gasteiger partial charge on any atom is 0.119 e. The number of phenolic OH excluding ortho intramolecular Hbond substituents is 1. The molecule has 2 N–H and O–H groups in total. The molecular formula is C14H20N2O. The Morgan fingerprint density at radius 2 is 2.06 bits per heavy atom. The molecule has 3 nitrogen and oxygen atoms in total. The molecule has 2 aliphatic rings. The van der Waals surface area contributed by atoms with Gasteiger partial charge < -0.3 is 15.3 Å². The van der Waals surface area contributed by atoms with Crippen molar-refractivity contribution in [1.29, 1.82) is 0 Å². The largest absolute Gasteiger partial charge is 0.508 e. The van der Waals surface area contributed by atoms with Crippen LogP contribution in [0.5, 0.6) is 5.75 Å². The van der Waals surface area contributed by atoms with Crippen molar-refractivity contribution in [2.75, 3.05) is 31.1 Å². The summed E-state index contributed by atoms with van der Waals surface area (Å²) in [7, 11) is 0. The van der Waals surface area contributed by atoms with E-state index in [1.807, 2.05) is 12.1 Å². The first-order valence-corrected chi connectivity index (χ1v) is 6.63. The summed E-state index contributed by atoms with van der Waals surface area (Å²) in [6, 6.07) is 6.10. The molecule has 17 heavy (non-hydrogen) atoms. The highest BCUT2D eigenvalue weighted by Gasteiger charge is 2.21. The Labute approximate surface area is 102 Å². The molecule has 0 aliphatic carbocycles. The second-order valence-electron chi connectivity index (χ2n) is 5.13. The van der Waals surface area contributed by atoms with Crippen molar-refractivity contribution in [1.82, 2.24) is 5.32 Å². The summed E-state index contributed by atoms with van der Waals surface area (Å²) in [4.78, 5) is 2.42. The molecule has 0 spiro atoms. The van der Waals surface area contributed by atoms with E-state index >= 15 is 0 Å². The third-order valence-corrected chi connectivity index (χ3v) is 3.98. The molecular weight excluding hydrogens is 212 g/mol. The van der Waals surface area contributed by atoms with Crippen molar-refractivity contribution < 1.29 is 5.11 Å². The minimum absolute atomic E-state index is 0.460. The van der Waals surface area contributed by atoms with Gasteiger partial charge in [0, 0.05) is 36.8 Å². The first-order chi connectivity index (χ1) is 8.34. The predicted octanol–water partition coefficient (Wildman–Crippen LogP) is 2.07. The Hall–Kier alpha value is -1.22. The average molecular weight is 232 g/mol. The fourth-order valence-electron chi connectivity index (χ4n) is 2.96. The van der Waals surface area contributed by atoms with Crippen LogP contribution in [0.15, 0.2) is 18.2 Å². The number of nitrogens with zero attached hydrogens (tertiary/aromatic N) is 1. The van der Waals surface area contributed by atoms with Gasteiger partial charge in [-0.05, 0) is 44.0 Å². The van der Waals surface area contributed by atoms with Crippen LogP contribution in [0.3, 0.4) is 0 Å². The number of hydrogen-bond donors (Lipinski definition) is 2. The Morgan fingerprint density at radius 1 is 1.24 bits per heavy atom. The number of phenols is 1. The normalized spacial score (nSPS) is 24.5. The molecule has 1 aromatic rings. The molecule has 0 aromatic heterocycles. The van der Waals surface area contributed by atoms with E-state index in [1.165, 1.54) is 18.5 Å². The zero-order valence-electron chi connectivity index (χ0n) is 10.2. The lowest BCUT2D eigenvalue weighted by atomic mass is 9.96. The first-order valence-electron chi connectivity index (χ1n) is 6.63. The monoisotopic (exact) mass is 232 g/mol. The quantitative estimate of drug-likeness (QED) is 0.819. The maximum absolute atomic E-state index is 9.99. The maximum atomic E-state index is 9.99. The number of anilines is 1. The summed E-state index contributed by atoms with van der Waals surface area (Å²) in [5.74, 6) is 0.944. The average Bonchev–Trinajstić information content (AvgIpc) is 3.03. The van der Waals surface area contributed by atoms with Crippen LogP contribution >= 0.6 is 0 Å². The molecule has 3 heteroatoms. The lowest BCUT2D eigenvalue weighted by molar-refractivity contribution is 0.462. The number of hydrogen-bond acceptors (Lipinski definition) is 3. The second kappa shape index (κ2) is 4.57. The van der Waals surface area contributed by atoms with Crippen LogP contribution in [0.1, 0.15) is 30.7 Å². The summed E-state index contributed by atoms with van der Waals surface area (Å²) >= 11 is 0. The number of benzene rings is 1. The van der Waals surface area contributed by atoms with Gasteiger partial charge in [-0.1, -0.05) is 0 Å².